The van der Waals surface area contributed by atoms with E-state index in [2.05, 4.69) is 66.7 Å². The van der Waals surface area contributed by atoms with Gasteiger partial charge >= 0.3 is 5.97 Å². The van der Waals surface area contributed by atoms with E-state index < -0.39 is 0 Å². The molecular weight excluding hydrogens is 516 g/mol. The van der Waals surface area contributed by atoms with Gasteiger partial charge in [-0.15, -0.1) is 0 Å². The molecule has 3 nitrogen and oxygen atoms in total. The van der Waals surface area contributed by atoms with Gasteiger partial charge in [0, 0.05) is 13.0 Å². The van der Waals surface area contributed by atoms with Crippen molar-refractivity contribution in [2.24, 2.45) is 11.3 Å². The maximum atomic E-state index is 12.6. The van der Waals surface area contributed by atoms with E-state index in [1.165, 1.54) is 107 Å². The Morgan fingerprint density at radius 2 is 1.21 bits per heavy atom. The van der Waals surface area contributed by atoms with Crippen molar-refractivity contribution < 1.29 is 14.6 Å². The van der Waals surface area contributed by atoms with Gasteiger partial charge < -0.3 is 9.84 Å². The van der Waals surface area contributed by atoms with Crippen molar-refractivity contribution in [3.8, 4) is 0 Å². The lowest BCUT2D eigenvalue weighted by atomic mass is 9.77. The molecule has 0 saturated carbocycles. The second-order valence-electron chi connectivity index (χ2n) is 15.0. The van der Waals surface area contributed by atoms with Gasteiger partial charge in [0.2, 0.25) is 0 Å². The van der Waals surface area contributed by atoms with Gasteiger partial charge in [0.25, 0.3) is 0 Å². The van der Waals surface area contributed by atoms with Crippen molar-refractivity contribution in [1.29, 1.82) is 0 Å². The quantitative estimate of drug-likeness (QED) is 0.0968. The molecule has 0 spiro atoms. The van der Waals surface area contributed by atoms with E-state index >= 15 is 0 Å². The second-order valence-corrected chi connectivity index (χ2v) is 15.0. The number of hydrogen-bond acceptors (Lipinski definition) is 3. The van der Waals surface area contributed by atoms with Gasteiger partial charge in [0.1, 0.15) is 0 Å². The van der Waals surface area contributed by atoms with Crippen LogP contribution >= 0.6 is 0 Å². The van der Waals surface area contributed by atoms with Crippen molar-refractivity contribution in [3.05, 3.63) is 34.9 Å². The number of aliphatic hydroxyl groups excluding tert-OH is 1. The van der Waals surface area contributed by atoms with Gasteiger partial charge in [0.05, 0.1) is 6.61 Å². The van der Waals surface area contributed by atoms with Gasteiger partial charge in [-0.2, -0.15) is 0 Å². The number of esters is 1. The summed E-state index contributed by atoms with van der Waals surface area (Å²) in [5.74, 6) is 0.184. The van der Waals surface area contributed by atoms with E-state index in [1.807, 2.05) is 0 Å². The number of hydrogen-bond donors (Lipinski definition) is 1. The van der Waals surface area contributed by atoms with Crippen molar-refractivity contribution in [3.63, 3.8) is 0 Å². The first-order chi connectivity index (χ1) is 20.0. The van der Waals surface area contributed by atoms with Gasteiger partial charge in [-0.3, -0.25) is 4.79 Å². The molecule has 0 aliphatic rings. The highest BCUT2D eigenvalue weighted by Crippen LogP contribution is 2.31. The largest absolute Gasteiger partial charge is 0.466 e. The molecule has 1 atom stereocenters. The zero-order chi connectivity index (χ0) is 31.3. The number of aliphatic hydroxyl groups is 1. The fraction of sp³-hybridized carbons (Fsp3) is 0.821. The zero-order valence-corrected chi connectivity index (χ0v) is 29.1. The molecule has 1 unspecified atom stereocenters. The van der Waals surface area contributed by atoms with Gasteiger partial charge in [-0.05, 0) is 59.1 Å². The number of carbonyl (C=O) groups excluding carboxylic acids is 1. The minimum Gasteiger partial charge on any atom is -0.466 e. The molecule has 0 radical (unpaired) electrons. The highest BCUT2D eigenvalue weighted by molar-refractivity contribution is 5.69. The summed E-state index contributed by atoms with van der Waals surface area (Å²) in [4.78, 5) is 12.6. The maximum Gasteiger partial charge on any atom is 0.306 e. The lowest BCUT2D eigenvalue weighted by Crippen LogP contribution is -2.24. The fourth-order valence-electron chi connectivity index (χ4n) is 5.84. The molecule has 0 heterocycles. The Hall–Kier alpha value is -1.35. The van der Waals surface area contributed by atoms with Crippen LogP contribution in [0.25, 0.3) is 0 Å². The molecule has 0 aromatic heterocycles. The molecule has 42 heavy (non-hydrogen) atoms. The Bertz CT molecular complexity index is 814. The number of aryl methyl sites for hydroxylation is 2. The molecule has 1 aromatic rings. The van der Waals surface area contributed by atoms with E-state index in [9.17, 15) is 9.90 Å². The molecule has 0 bridgehead atoms. The molecule has 0 aliphatic carbocycles. The zero-order valence-electron chi connectivity index (χ0n) is 29.1. The van der Waals surface area contributed by atoms with E-state index in [0.29, 0.717) is 13.0 Å². The third kappa shape index (κ3) is 18.3. The van der Waals surface area contributed by atoms with Crippen molar-refractivity contribution in [1.82, 2.24) is 0 Å². The maximum absolute atomic E-state index is 12.6. The van der Waals surface area contributed by atoms with Crippen molar-refractivity contribution in [2.45, 2.75) is 182 Å². The monoisotopic (exact) mass is 587 g/mol. The summed E-state index contributed by atoms with van der Waals surface area (Å²) in [6, 6.07) is 6.78. The predicted octanol–water partition coefficient (Wildman–Crippen LogP) is 11.3. The lowest BCUT2D eigenvalue weighted by Gasteiger charge is -2.29. The first kappa shape index (κ1) is 38.7. The first-order valence-electron chi connectivity index (χ1n) is 17.9. The van der Waals surface area contributed by atoms with E-state index in [1.54, 1.807) is 0 Å². The van der Waals surface area contributed by atoms with Crippen molar-refractivity contribution >= 4 is 5.97 Å². The van der Waals surface area contributed by atoms with Crippen LogP contribution < -0.4 is 0 Å². The Balaban J connectivity index is 2.24. The fourth-order valence-corrected chi connectivity index (χ4v) is 5.84. The normalized spacial score (nSPS) is 13.0. The molecule has 1 rings (SSSR count). The molecule has 3 heteroatoms. The van der Waals surface area contributed by atoms with Gasteiger partial charge in [0.15, 0.2) is 0 Å². The van der Waals surface area contributed by atoms with Crippen LogP contribution in [0.5, 0.6) is 0 Å². The van der Waals surface area contributed by atoms with E-state index in [-0.39, 0.29) is 29.3 Å². The van der Waals surface area contributed by atoms with Crippen LogP contribution in [0, 0.1) is 11.3 Å². The van der Waals surface area contributed by atoms with Crippen LogP contribution in [-0.4, -0.2) is 24.3 Å². The summed E-state index contributed by atoms with van der Waals surface area (Å²) < 4.78 is 5.61. The highest BCUT2D eigenvalue weighted by Gasteiger charge is 2.24. The summed E-state index contributed by atoms with van der Waals surface area (Å²) in [6.07, 6.45) is 24.6. The van der Waals surface area contributed by atoms with Crippen LogP contribution in [0.2, 0.25) is 0 Å². The van der Waals surface area contributed by atoms with Crippen LogP contribution in [0.3, 0.4) is 0 Å². The summed E-state index contributed by atoms with van der Waals surface area (Å²) in [5.41, 5.74) is 4.01. The Morgan fingerprint density at radius 3 is 1.67 bits per heavy atom. The third-order valence-corrected chi connectivity index (χ3v) is 9.14. The van der Waals surface area contributed by atoms with Crippen LogP contribution in [-0.2, 0) is 27.8 Å². The van der Waals surface area contributed by atoms with Crippen molar-refractivity contribution in [2.75, 3.05) is 13.2 Å². The summed E-state index contributed by atoms with van der Waals surface area (Å²) in [7, 11) is 0. The highest BCUT2D eigenvalue weighted by atomic mass is 16.5. The van der Waals surface area contributed by atoms with Gasteiger partial charge in [-0.25, -0.2) is 0 Å². The van der Waals surface area contributed by atoms with E-state index in [4.69, 9.17) is 4.74 Å². The van der Waals surface area contributed by atoms with Crippen LogP contribution in [0.4, 0.5) is 0 Å². The summed E-state index contributed by atoms with van der Waals surface area (Å²) in [6.45, 7) is 16.4. The topological polar surface area (TPSA) is 46.5 Å². The average Bonchev–Trinajstić information content (AvgIpc) is 2.93. The summed E-state index contributed by atoms with van der Waals surface area (Å²) in [5, 5.41) is 9.92. The molecule has 0 aliphatic heterocycles. The molecule has 0 fully saturated rings. The first-order valence-corrected chi connectivity index (χ1v) is 17.9. The Kier molecular flexibility index (Phi) is 20.4. The SMILES string of the molecule is CCCCCCCCCCCCCCCCCCOC(=O)CCc1cc(C(C)(C)C)ccc1CCC(CO)C(C)(C)C. The Morgan fingerprint density at radius 1 is 0.714 bits per heavy atom. The van der Waals surface area contributed by atoms with Crippen LogP contribution in [0.15, 0.2) is 18.2 Å². The number of benzene rings is 1. The third-order valence-electron chi connectivity index (χ3n) is 9.14. The smallest absolute Gasteiger partial charge is 0.306 e. The number of ether oxygens (including phenoxy) is 1. The molecule has 0 amide bonds. The predicted molar refractivity (Wildman–Crippen MR) is 182 cm³/mol. The summed E-state index contributed by atoms with van der Waals surface area (Å²) >= 11 is 0. The standard InChI is InChI=1S/C39H70O3/c1-8-9-10-11-12-13-14-15-16-17-18-19-20-21-22-23-30-42-37(41)29-26-34-31-35(38(2,3)4)27-24-33(34)25-28-36(32-40)39(5,6)7/h24,27,31,36,40H,8-23,25-26,28-30,32H2,1-7H3. The van der Waals surface area contributed by atoms with Gasteiger partial charge in [-0.1, -0.05) is 163 Å². The molecule has 1 N–H and O–H groups in total. The van der Waals surface area contributed by atoms with Crippen LogP contribution in [0.1, 0.15) is 181 Å². The average molecular weight is 587 g/mol. The number of rotatable bonds is 24. The minimum absolute atomic E-state index is 0.0695. The molecule has 1 aromatic carbocycles. The molecule has 244 valence electrons. The number of unbranched alkanes of at least 4 members (excludes halogenated alkanes) is 15. The lowest BCUT2D eigenvalue weighted by molar-refractivity contribution is -0.143. The minimum atomic E-state index is -0.0778. The second kappa shape index (κ2) is 22.2. The molecule has 0 saturated heterocycles. The molecular formula is C39H70O3. The number of carbonyl (C=O) groups is 1. The van der Waals surface area contributed by atoms with E-state index in [0.717, 1.165) is 32.1 Å². The Labute approximate surface area is 262 Å².